The molecule has 1 heterocycles. The zero-order valence-electron chi connectivity index (χ0n) is 9.69. The molecule has 2 atom stereocenters. The van der Waals surface area contributed by atoms with E-state index in [1.54, 1.807) is 0 Å². The quantitative estimate of drug-likeness (QED) is 0.626. The Morgan fingerprint density at radius 1 is 1.56 bits per heavy atom. The summed E-state index contributed by atoms with van der Waals surface area (Å²) in [5.41, 5.74) is 0. The van der Waals surface area contributed by atoms with Crippen LogP contribution in [0.25, 0.3) is 0 Å². The fourth-order valence-corrected chi connectivity index (χ4v) is 1.76. The summed E-state index contributed by atoms with van der Waals surface area (Å²) < 4.78 is 0. The van der Waals surface area contributed by atoms with E-state index < -0.39 is 18.0 Å². The van der Waals surface area contributed by atoms with E-state index in [0.717, 1.165) is 19.4 Å². The summed E-state index contributed by atoms with van der Waals surface area (Å²) in [5, 5.41) is 13.6. The molecule has 0 aliphatic carbocycles. The van der Waals surface area contributed by atoms with Crippen molar-refractivity contribution >= 4 is 12.0 Å². The Hall–Kier alpha value is -1.30. The molecular formula is C10H19N3O3. The molecule has 0 saturated carbocycles. The standard InChI is InChI=1S/C10H19N3O3/c1-7(9(14)15)12-10(16)11-6-8-4-3-5-13(8)2/h7-8H,3-6H2,1-2H3,(H,14,15)(H2,11,12,16)/t7-,8?/m0/s1. The molecule has 2 amide bonds. The number of amides is 2. The van der Waals surface area contributed by atoms with Gasteiger partial charge in [0.2, 0.25) is 0 Å². The molecule has 0 radical (unpaired) electrons. The average molecular weight is 229 g/mol. The third-order valence-electron chi connectivity index (χ3n) is 2.89. The van der Waals surface area contributed by atoms with Crippen LogP contribution in [0, 0.1) is 0 Å². The highest BCUT2D eigenvalue weighted by Crippen LogP contribution is 2.13. The van der Waals surface area contributed by atoms with Gasteiger partial charge in [-0.15, -0.1) is 0 Å². The highest BCUT2D eigenvalue weighted by atomic mass is 16.4. The van der Waals surface area contributed by atoms with Crippen LogP contribution in [0.3, 0.4) is 0 Å². The summed E-state index contributed by atoms with van der Waals surface area (Å²) in [4.78, 5) is 24.0. The van der Waals surface area contributed by atoms with Crippen LogP contribution in [-0.2, 0) is 4.79 Å². The highest BCUT2D eigenvalue weighted by Gasteiger charge is 2.21. The van der Waals surface area contributed by atoms with E-state index in [1.807, 2.05) is 7.05 Å². The first-order chi connectivity index (χ1) is 7.50. The van der Waals surface area contributed by atoms with Crippen molar-refractivity contribution in [2.24, 2.45) is 0 Å². The van der Waals surface area contributed by atoms with Crippen LogP contribution in [0.2, 0.25) is 0 Å². The molecular weight excluding hydrogens is 210 g/mol. The lowest BCUT2D eigenvalue weighted by Gasteiger charge is -2.20. The monoisotopic (exact) mass is 229 g/mol. The van der Waals surface area contributed by atoms with Crippen LogP contribution in [0.4, 0.5) is 4.79 Å². The van der Waals surface area contributed by atoms with Crippen LogP contribution < -0.4 is 10.6 Å². The maximum absolute atomic E-state index is 11.3. The Morgan fingerprint density at radius 3 is 2.75 bits per heavy atom. The van der Waals surface area contributed by atoms with E-state index >= 15 is 0 Å². The summed E-state index contributed by atoms with van der Waals surface area (Å²) >= 11 is 0. The van der Waals surface area contributed by atoms with Crippen molar-refractivity contribution < 1.29 is 14.7 Å². The van der Waals surface area contributed by atoms with Gasteiger partial charge in [0.05, 0.1) is 0 Å². The lowest BCUT2D eigenvalue weighted by atomic mass is 10.2. The largest absolute Gasteiger partial charge is 0.480 e. The first-order valence-electron chi connectivity index (χ1n) is 5.48. The SMILES string of the molecule is C[C@H](NC(=O)NCC1CCCN1C)C(=O)O. The number of aliphatic carboxylic acids is 1. The number of carbonyl (C=O) groups excluding carboxylic acids is 1. The smallest absolute Gasteiger partial charge is 0.325 e. The van der Waals surface area contributed by atoms with Crippen LogP contribution in [0.5, 0.6) is 0 Å². The van der Waals surface area contributed by atoms with E-state index in [9.17, 15) is 9.59 Å². The number of nitrogens with zero attached hydrogens (tertiary/aromatic N) is 1. The molecule has 1 aliphatic rings. The molecule has 3 N–H and O–H groups in total. The topological polar surface area (TPSA) is 81.7 Å². The maximum Gasteiger partial charge on any atom is 0.325 e. The van der Waals surface area contributed by atoms with Gasteiger partial charge in [-0.1, -0.05) is 0 Å². The molecule has 1 aliphatic heterocycles. The van der Waals surface area contributed by atoms with Gasteiger partial charge in [-0.3, -0.25) is 4.79 Å². The lowest BCUT2D eigenvalue weighted by Crippen LogP contribution is -2.47. The maximum atomic E-state index is 11.3. The third-order valence-corrected chi connectivity index (χ3v) is 2.89. The third kappa shape index (κ3) is 3.69. The van der Waals surface area contributed by atoms with E-state index in [4.69, 9.17) is 5.11 Å². The minimum Gasteiger partial charge on any atom is -0.480 e. The van der Waals surface area contributed by atoms with Crippen molar-refractivity contribution in [1.29, 1.82) is 0 Å². The molecule has 92 valence electrons. The van der Waals surface area contributed by atoms with E-state index in [2.05, 4.69) is 15.5 Å². The van der Waals surface area contributed by atoms with Crippen molar-refractivity contribution in [3.63, 3.8) is 0 Å². The number of urea groups is 1. The molecule has 1 unspecified atom stereocenters. The first kappa shape index (κ1) is 12.8. The summed E-state index contributed by atoms with van der Waals surface area (Å²) in [5.74, 6) is -1.03. The Morgan fingerprint density at radius 2 is 2.25 bits per heavy atom. The number of carboxylic acid groups (broad SMARTS) is 1. The molecule has 1 saturated heterocycles. The predicted molar refractivity (Wildman–Crippen MR) is 59.3 cm³/mol. The molecule has 0 aromatic rings. The van der Waals surface area contributed by atoms with Gasteiger partial charge in [-0.05, 0) is 33.4 Å². The Bertz CT molecular complexity index is 270. The Kier molecular flexibility index (Phi) is 4.54. The van der Waals surface area contributed by atoms with Gasteiger partial charge in [0.25, 0.3) is 0 Å². The molecule has 0 aromatic heterocycles. The minimum absolute atomic E-state index is 0.367. The van der Waals surface area contributed by atoms with Gasteiger partial charge in [-0.25, -0.2) is 4.79 Å². The summed E-state index contributed by atoms with van der Waals surface area (Å²) in [6.07, 6.45) is 2.22. The van der Waals surface area contributed by atoms with Gasteiger partial charge in [0.15, 0.2) is 0 Å². The number of carboxylic acids is 1. The fraction of sp³-hybridized carbons (Fsp3) is 0.800. The summed E-state index contributed by atoms with van der Waals surface area (Å²) in [6, 6.07) is -0.914. The average Bonchev–Trinajstić information content (AvgIpc) is 2.61. The predicted octanol–water partition coefficient (Wildman–Crippen LogP) is -0.147. The second kappa shape index (κ2) is 5.69. The van der Waals surface area contributed by atoms with E-state index in [1.165, 1.54) is 6.92 Å². The van der Waals surface area contributed by atoms with Crippen molar-refractivity contribution in [3.8, 4) is 0 Å². The molecule has 1 fully saturated rings. The first-order valence-corrected chi connectivity index (χ1v) is 5.48. The molecule has 0 spiro atoms. The molecule has 16 heavy (non-hydrogen) atoms. The number of nitrogens with one attached hydrogen (secondary N) is 2. The lowest BCUT2D eigenvalue weighted by molar-refractivity contribution is -0.138. The van der Waals surface area contributed by atoms with Crippen molar-refractivity contribution in [2.45, 2.75) is 31.8 Å². The Labute approximate surface area is 95.0 Å². The zero-order chi connectivity index (χ0) is 12.1. The van der Waals surface area contributed by atoms with E-state index in [-0.39, 0.29) is 0 Å². The second-order valence-corrected chi connectivity index (χ2v) is 4.19. The molecule has 0 aromatic carbocycles. The molecule has 6 nitrogen and oxygen atoms in total. The van der Waals surface area contributed by atoms with Crippen LogP contribution in [0.15, 0.2) is 0 Å². The second-order valence-electron chi connectivity index (χ2n) is 4.19. The van der Waals surface area contributed by atoms with Crippen LogP contribution in [0.1, 0.15) is 19.8 Å². The zero-order valence-corrected chi connectivity index (χ0v) is 9.69. The van der Waals surface area contributed by atoms with Crippen molar-refractivity contribution in [1.82, 2.24) is 15.5 Å². The molecule has 6 heteroatoms. The van der Waals surface area contributed by atoms with Crippen molar-refractivity contribution in [3.05, 3.63) is 0 Å². The number of hydrogen-bond donors (Lipinski definition) is 3. The number of carbonyl (C=O) groups is 2. The van der Waals surface area contributed by atoms with Gasteiger partial charge in [0, 0.05) is 12.6 Å². The number of likely N-dealkylation sites (N-methyl/N-ethyl adjacent to an activating group) is 1. The number of rotatable bonds is 4. The fourth-order valence-electron chi connectivity index (χ4n) is 1.76. The summed E-state index contributed by atoms with van der Waals surface area (Å²) in [6.45, 7) is 3.05. The molecule has 1 rings (SSSR count). The van der Waals surface area contributed by atoms with Gasteiger partial charge in [-0.2, -0.15) is 0 Å². The normalized spacial score (nSPS) is 22.8. The van der Waals surface area contributed by atoms with E-state index in [0.29, 0.717) is 12.6 Å². The van der Waals surface area contributed by atoms with Gasteiger partial charge < -0.3 is 20.6 Å². The summed E-state index contributed by atoms with van der Waals surface area (Å²) in [7, 11) is 2.02. The van der Waals surface area contributed by atoms with Crippen LogP contribution in [-0.4, -0.2) is 54.2 Å². The van der Waals surface area contributed by atoms with Gasteiger partial charge >= 0.3 is 12.0 Å². The van der Waals surface area contributed by atoms with Gasteiger partial charge in [0.1, 0.15) is 6.04 Å². The Balaban J connectivity index is 2.22. The highest BCUT2D eigenvalue weighted by molar-refractivity contribution is 5.82. The van der Waals surface area contributed by atoms with Crippen molar-refractivity contribution in [2.75, 3.05) is 20.1 Å². The number of hydrogen-bond acceptors (Lipinski definition) is 3. The minimum atomic E-state index is -1.03. The molecule has 0 bridgehead atoms. The number of likely N-dealkylation sites (tertiary alicyclic amines) is 1. The van der Waals surface area contributed by atoms with Crippen LogP contribution >= 0.6 is 0 Å².